The first kappa shape index (κ1) is 17.2. The molecular weight excluding hydrogens is 341 g/mol. The quantitative estimate of drug-likeness (QED) is 0.752. The highest BCUT2D eigenvalue weighted by molar-refractivity contribution is 7.15. The number of anilines is 1. The van der Waals surface area contributed by atoms with E-state index in [1.807, 2.05) is 20.8 Å². The van der Waals surface area contributed by atoms with Gasteiger partial charge in [-0.3, -0.25) is 10.1 Å². The molecule has 0 spiro atoms. The Morgan fingerprint density at radius 2 is 2.00 bits per heavy atom. The minimum Gasteiger partial charge on any atom is -0.296 e. The van der Waals surface area contributed by atoms with Gasteiger partial charge in [0.25, 0.3) is 5.91 Å². The maximum absolute atomic E-state index is 13.1. The smallest absolute Gasteiger partial charge is 0.260 e. The number of nitrogens with one attached hydrogen (secondary N) is 1. The summed E-state index contributed by atoms with van der Waals surface area (Å²) in [5.41, 5.74) is 1.92. The number of aromatic nitrogens is 4. The van der Waals surface area contributed by atoms with Crippen LogP contribution in [0.15, 0.2) is 30.5 Å². The van der Waals surface area contributed by atoms with Gasteiger partial charge in [-0.2, -0.15) is 5.10 Å². The standard InChI is InChI=1S/C17H18FN5OS/c1-4-14-13(9-19-23(14)12-7-5-11(18)6-8-12)15(24)20-17-22-21-16(25-17)10(2)3/h5-10H,4H2,1-3H3,(H,20,22,24). The highest BCUT2D eigenvalue weighted by Gasteiger charge is 2.19. The van der Waals surface area contributed by atoms with Crippen LogP contribution >= 0.6 is 11.3 Å². The summed E-state index contributed by atoms with van der Waals surface area (Å²) in [4.78, 5) is 12.6. The average Bonchev–Trinajstić information content (AvgIpc) is 3.22. The molecule has 6 nitrogen and oxygen atoms in total. The van der Waals surface area contributed by atoms with Gasteiger partial charge in [0.05, 0.1) is 23.1 Å². The minimum atomic E-state index is -0.316. The summed E-state index contributed by atoms with van der Waals surface area (Å²) in [7, 11) is 0. The van der Waals surface area contributed by atoms with Crippen molar-refractivity contribution in [3.63, 3.8) is 0 Å². The predicted molar refractivity (Wildman–Crippen MR) is 94.9 cm³/mol. The van der Waals surface area contributed by atoms with Crippen molar-refractivity contribution in [2.24, 2.45) is 0 Å². The monoisotopic (exact) mass is 359 g/mol. The van der Waals surface area contributed by atoms with Gasteiger partial charge in [0.15, 0.2) is 0 Å². The highest BCUT2D eigenvalue weighted by Crippen LogP contribution is 2.23. The van der Waals surface area contributed by atoms with Crippen LogP contribution in [0.4, 0.5) is 9.52 Å². The summed E-state index contributed by atoms with van der Waals surface area (Å²) in [5, 5.41) is 16.5. The average molecular weight is 359 g/mol. The molecule has 0 aliphatic heterocycles. The fourth-order valence-electron chi connectivity index (χ4n) is 2.39. The van der Waals surface area contributed by atoms with Crippen LogP contribution in [-0.2, 0) is 6.42 Å². The lowest BCUT2D eigenvalue weighted by atomic mass is 10.2. The van der Waals surface area contributed by atoms with E-state index in [9.17, 15) is 9.18 Å². The van der Waals surface area contributed by atoms with Crippen LogP contribution in [0.5, 0.6) is 0 Å². The van der Waals surface area contributed by atoms with E-state index in [1.54, 1.807) is 16.8 Å². The molecule has 130 valence electrons. The summed E-state index contributed by atoms with van der Waals surface area (Å²) in [6, 6.07) is 5.99. The Hall–Kier alpha value is -2.61. The number of amides is 1. The van der Waals surface area contributed by atoms with Crippen molar-refractivity contribution in [3.05, 3.63) is 52.5 Å². The van der Waals surface area contributed by atoms with E-state index >= 15 is 0 Å². The molecule has 0 radical (unpaired) electrons. The Balaban J connectivity index is 1.86. The second kappa shape index (κ2) is 7.10. The number of hydrogen-bond acceptors (Lipinski definition) is 5. The zero-order valence-corrected chi connectivity index (χ0v) is 15.0. The molecule has 0 unspecified atom stereocenters. The van der Waals surface area contributed by atoms with Crippen LogP contribution in [0.3, 0.4) is 0 Å². The van der Waals surface area contributed by atoms with Crippen molar-refractivity contribution in [1.29, 1.82) is 0 Å². The number of carbonyl (C=O) groups is 1. The first-order chi connectivity index (χ1) is 12.0. The summed E-state index contributed by atoms with van der Waals surface area (Å²) in [6.07, 6.45) is 2.12. The third kappa shape index (κ3) is 3.58. The molecule has 2 heterocycles. The van der Waals surface area contributed by atoms with E-state index in [-0.39, 0.29) is 17.6 Å². The second-order valence-electron chi connectivity index (χ2n) is 5.80. The third-order valence-electron chi connectivity index (χ3n) is 3.67. The van der Waals surface area contributed by atoms with Gasteiger partial charge < -0.3 is 0 Å². The highest BCUT2D eigenvalue weighted by atomic mass is 32.1. The molecule has 3 aromatic rings. The molecule has 0 aliphatic rings. The van der Waals surface area contributed by atoms with Crippen molar-refractivity contribution < 1.29 is 9.18 Å². The maximum atomic E-state index is 13.1. The first-order valence-corrected chi connectivity index (χ1v) is 8.78. The van der Waals surface area contributed by atoms with Crippen LogP contribution < -0.4 is 5.32 Å². The first-order valence-electron chi connectivity index (χ1n) is 7.97. The number of benzene rings is 1. The van der Waals surface area contributed by atoms with Gasteiger partial charge in [0.2, 0.25) is 5.13 Å². The normalized spacial score (nSPS) is 11.1. The molecule has 0 atom stereocenters. The van der Waals surface area contributed by atoms with Crippen LogP contribution in [0.25, 0.3) is 5.69 Å². The van der Waals surface area contributed by atoms with Gasteiger partial charge in [-0.1, -0.05) is 32.1 Å². The lowest BCUT2D eigenvalue weighted by Crippen LogP contribution is -2.14. The Kier molecular flexibility index (Phi) is 4.89. The fraction of sp³-hybridized carbons (Fsp3) is 0.294. The topological polar surface area (TPSA) is 72.7 Å². The molecule has 0 fully saturated rings. The summed E-state index contributed by atoms with van der Waals surface area (Å²) >= 11 is 1.36. The van der Waals surface area contributed by atoms with Crippen molar-refractivity contribution in [2.45, 2.75) is 33.1 Å². The van der Waals surface area contributed by atoms with Gasteiger partial charge in [-0.15, -0.1) is 10.2 Å². The number of hydrogen-bond donors (Lipinski definition) is 1. The Labute approximate surface area is 148 Å². The number of halogens is 1. The van der Waals surface area contributed by atoms with Gasteiger partial charge >= 0.3 is 0 Å². The maximum Gasteiger partial charge on any atom is 0.260 e. The SMILES string of the molecule is CCc1c(C(=O)Nc2nnc(C(C)C)s2)cnn1-c1ccc(F)cc1. The van der Waals surface area contributed by atoms with E-state index in [1.165, 1.54) is 29.7 Å². The van der Waals surface area contributed by atoms with Crippen LogP contribution in [0, 0.1) is 5.82 Å². The van der Waals surface area contributed by atoms with E-state index in [0.29, 0.717) is 22.8 Å². The van der Waals surface area contributed by atoms with Crippen LogP contribution in [-0.4, -0.2) is 25.9 Å². The van der Waals surface area contributed by atoms with Gasteiger partial charge in [0.1, 0.15) is 10.8 Å². The number of rotatable bonds is 5. The molecule has 1 aromatic carbocycles. The van der Waals surface area contributed by atoms with Gasteiger partial charge in [0, 0.05) is 5.92 Å². The molecule has 0 aliphatic carbocycles. The van der Waals surface area contributed by atoms with Crippen LogP contribution in [0.2, 0.25) is 0 Å². The van der Waals surface area contributed by atoms with E-state index in [4.69, 9.17) is 0 Å². The lowest BCUT2D eigenvalue weighted by Gasteiger charge is -2.07. The zero-order chi connectivity index (χ0) is 18.0. The summed E-state index contributed by atoms with van der Waals surface area (Å²) in [6.45, 7) is 5.98. The van der Waals surface area contributed by atoms with Gasteiger partial charge in [-0.25, -0.2) is 9.07 Å². The summed E-state index contributed by atoms with van der Waals surface area (Å²) < 4.78 is 14.8. The van der Waals surface area contributed by atoms with Crippen molar-refractivity contribution in [1.82, 2.24) is 20.0 Å². The van der Waals surface area contributed by atoms with Crippen molar-refractivity contribution >= 4 is 22.4 Å². The molecule has 1 amide bonds. The minimum absolute atomic E-state index is 0.260. The summed E-state index contributed by atoms with van der Waals surface area (Å²) in [5.74, 6) is -0.337. The molecule has 0 saturated heterocycles. The molecule has 0 saturated carbocycles. The third-order valence-corrected chi connectivity index (χ3v) is 4.81. The largest absolute Gasteiger partial charge is 0.296 e. The van der Waals surface area contributed by atoms with E-state index in [0.717, 1.165) is 10.7 Å². The number of nitrogens with zero attached hydrogens (tertiary/aromatic N) is 4. The Morgan fingerprint density at radius 3 is 2.60 bits per heavy atom. The molecule has 1 N–H and O–H groups in total. The molecular formula is C17H18FN5OS. The lowest BCUT2D eigenvalue weighted by molar-refractivity contribution is 0.102. The van der Waals surface area contributed by atoms with Crippen molar-refractivity contribution in [3.8, 4) is 5.69 Å². The number of carbonyl (C=O) groups excluding carboxylic acids is 1. The van der Waals surface area contributed by atoms with E-state index in [2.05, 4.69) is 20.6 Å². The predicted octanol–water partition coefficient (Wildman–Crippen LogP) is 3.80. The second-order valence-corrected chi connectivity index (χ2v) is 6.81. The Bertz CT molecular complexity index is 885. The molecule has 25 heavy (non-hydrogen) atoms. The molecule has 0 bridgehead atoms. The molecule has 3 rings (SSSR count). The zero-order valence-electron chi connectivity index (χ0n) is 14.2. The van der Waals surface area contributed by atoms with Crippen LogP contribution in [0.1, 0.15) is 47.7 Å². The Morgan fingerprint density at radius 1 is 1.28 bits per heavy atom. The molecule has 8 heteroatoms. The van der Waals surface area contributed by atoms with Crippen molar-refractivity contribution in [2.75, 3.05) is 5.32 Å². The molecule has 2 aromatic heterocycles. The van der Waals surface area contributed by atoms with E-state index < -0.39 is 0 Å². The van der Waals surface area contributed by atoms with Gasteiger partial charge in [-0.05, 0) is 30.7 Å². The fourth-order valence-corrected chi connectivity index (χ4v) is 3.13.